The molecule has 2 aliphatic rings. The Morgan fingerprint density at radius 3 is 2.38 bits per heavy atom. The highest BCUT2D eigenvalue weighted by Gasteiger charge is 2.40. The van der Waals surface area contributed by atoms with Gasteiger partial charge in [-0.25, -0.2) is 10.2 Å². The van der Waals surface area contributed by atoms with Gasteiger partial charge in [0.15, 0.2) is 6.61 Å². The van der Waals surface area contributed by atoms with Gasteiger partial charge in [0.1, 0.15) is 17.5 Å². The summed E-state index contributed by atoms with van der Waals surface area (Å²) < 4.78 is 18.6. The van der Waals surface area contributed by atoms with Crippen molar-refractivity contribution in [1.82, 2.24) is 36.0 Å². The molecule has 55 heavy (non-hydrogen) atoms. The standard InChI is InChI=1S/C37H46N8O10/c46-32(8-3-1-2-4-9-34(48)42-52)39-26-12-10-25(11-13-26)29-23-44(43-41-29)17-19-54-21-20-53-18-16-38-35(49)24-55-31-7-5-6-27-28(31)22-45(37(27)51)30-14-15-33(47)40-36(30)50/h5-7,10-13,23,30,52H,1-4,8-9,14-22,24H2,(H,38,49)(H,39,46)(H,42,48)(H,40,47,50). The van der Waals surface area contributed by atoms with E-state index in [1.54, 1.807) is 28.4 Å². The number of anilines is 1. The fourth-order valence-electron chi connectivity index (χ4n) is 6.10. The van der Waals surface area contributed by atoms with E-state index in [0.717, 1.165) is 18.4 Å². The molecule has 1 aromatic heterocycles. The first-order valence-corrected chi connectivity index (χ1v) is 18.3. The Morgan fingerprint density at radius 2 is 1.64 bits per heavy atom. The highest BCUT2D eigenvalue weighted by molar-refractivity contribution is 6.05. The van der Waals surface area contributed by atoms with Crippen molar-refractivity contribution in [3.05, 3.63) is 59.8 Å². The number of carbonyl (C=O) groups excluding carboxylic acids is 6. The predicted octanol–water partition coefficient (Wildman–Crippen LogP) is 1.72. The first-order valence-electron chi connectivity index (χ1n) is 18.3. The fourth-order valence-corrected chi connectivity index (χ4v) is 6.10. The molecule has 1 atom stereocenters. The average Bonchev–Trinajstić information content (AvgIpc) is 3.79. The number of rotatable bonds is 22. The summed E-state index contributed by atoms with van der Waals surface area (Å²) in [4.78, 5) is 73.9. The number of fused-ring (bicyclic) bond motifs is 1. The second kappa shape index (κ2) is 20.7. The van der Waals surface area contributed by atoms with Gasteiger partial charge in [0.25, 0.3) is 11.8 Å². The number of unbranched alkanes of at least 4 members (excludes halogenated alkanes) is 3. The zero-order valence-corrected chi connectivity index (χ0v) is 30.4. The monoisotopic (exact) mass is 762 g/mol. The van der Waals surface area contributed by atoms with Crippen molar-refractivity contribution in [3.63, 3.8) is 0 Å². The molecule has 1 saturated heterocycles. The number of nitrogens with one attached hydrogen (secondary N) is 4. The maximum Gasteiger partial charge on any atom is 0.258 e. The first kappa shape index (κ1) is 40.5. The van der Waals surface area contributed by atoms with Crippen molar-refractivity contribution in [3.8, 4) is 17.0 Å². The minimum absolute atomic E-state index is 0.0813. The van der Waals surface area contributed by atoms with Crippen LogP contribution in [0, 0.1) is 0 Å². The molecular formula is C37H46N8O10. The Labute approximate surface area is 317 Å². The predicted molar refractivity (Wildman–Crippen MR) is 194 cm³/mol. The van der Waals surface area contributed by atoms with Crippen LogP contribution in [0.25, 0.3) is 11.3 Å². The maximum absolute atomic E-state index is 13.0. The van der Waals surface area contributed by atoms with Gasteiger partial charge in [-0.05, 0) is 43.5 Å². The van der Waals surface area contributed by atoms with E-state index in [4.69, 9.17) is 19.4 Å². The van der Waals surface area contributed by atoms with E-state index in [9.17, 15) is 28.8 Å². The second-order valence-electron chi connectivity index (χ2n) is 13.0. The molecule has 3 aromatic rings. The van der Waals surface area contributed by atoms with Crippen LogP contribution >= 0.6 is 0 Å². The molecule has 3 heterocycles. The third-order valence-electron chi connectivity index (χ3n) is 8.99. The lowest BCUT2D eigenvalue weighted by atomic mass is 10.0. The first-order chi connectivity index (χ1) is 26.7. The topological polar surface area (TPSA) is 232 Å². The number of hydroxylamine groups is 1. The highest BCUT2D eigenvalue weighted by atomic mass is 16.5. The van der Waals surface area contributed by atoms with Crippen LogP contribution in [0.5, 0.6) is 5.75 Å². The number of carbonyl (C=O) groups is 6. The van der Waals surface area contributed by atoms with Gasteiger partial charge in [0.05, 0.1) is 45.7 Å². The van der Waals surface area contributed by atoms with Crippen LogP contribution in [0.1, 0.15) is 67.3 Å². The lowest BCUT2D eigenvalue weighted by Crippen LogP contribution is -2.52. The molecular weight excluding hydrogens is 716 g/mol. The summed E-state index contributed by atoms with van der Waals surface area (Å²) >= 11 is 0. The lowest BCUT2D eigenvalue weighted by molar-refractivity contribution is -0.137. The van der Waals surface area contributed by atoms with Gasteiger partial charge in [-0.1, -0.05) is 36.3 Å². The van der Waals surface area contributed by atoms with Gasteiger partial charge in [0, 0.05) is 48.2 Å². The fraction of sp³-hybridized carbons (Fsp3) is 0.459. The summed E-state index contributed by atoms with van der Waals surface area (Å²) in [6, 6.07) is 11.6. The number of nitrogens with zero attached hydrogens (tertiary/aromatic N) is 4. The third-order valence-corrected chi connectivity index (χ3v) is 8.99. The summed E-state index contributed by atoms with van der Waals surface area (Å²) in [5, 5.41) is 24.8. The molecule has 5 rings (SSSR count). The van der Waals surface area contributed by atoms with Crippen LogP contribution in [0.2, 0.25) is 0 Å². The zero-order chi connectivity index (χ0) is 39.0. The van der Waals surface area contributed by atoms with Gasteiger partial charge in [-0.15, -0.1) is 5.10 Å². The van der Waals surface area contributed by atoms with Crippen molar-refractivity contribution in [2.24, 2.45) is 0 Å². The van der Waals surface area contributed by atoms with Crippen molar-refractivity contribution < 1.29 is 48.2 Å². The van der Waals surface area contributed by atoms with E-state index in [0.29, 0.717) is 73.9 Å². The molecule has 1 fully saturated rings. The number of hydrogen-bond acceptors (Lipinski definition) is 12. The number of imide groups is 1. The van der Waals surface area contributed by atoms with Crippen LogP contribution < -0.4 is 26.2 Å². The smallest absolute Gasteiger partial charge is 0.258 e. The van der Waals surface area contributed by atoms with Crippen molar-refractivity contribution in [2.75, 3.05) is 44.9 Å². The van der Waals surface area contributed by atoms with Crippen LogP contribution in [0.15, 0.2) is 48.7 Å². The highest BCUT2D eigenvalue weighted by Crippen LogP contribution is 2.33. The third kappa shape index (κ3) is 12.1. The molecule has 0 aliphatic carbocycles. The number of aromatic nitrogens is 3. The molecule has 2 aromatic carbocycles. The van der Waals surface area contributed by atoms with E-state index in [1.807, 2.05) is 30.5 Å². The number of benzene rings is 2. The quantitative estimate of drug-likeness (QED) is 0.0426. The van der Waals surface area contributed by atoms with Crippen LogP contribution in [0.4, 0.5) is 5.69 Å². The van der Waals surface area contributed by atoms with E-state index in [2.05, 4.69) is 26.3 Å². The molecule has 0 spiro atoms. The summed E-state index contributed by atoms with van der Waals surface area (Å²) in [5.74, 6) is -1.62. The number of piperidine rings is 1. The van der Waals surface area contributed by atoms with Crippen molar-refractivity contribution in [1.29, 1.82) is 0 Å². The maximum atomic E-state index is 13.0. The number of ether oxygens (including phenoxy) is 3. The molecule has 2 aliphatic heterocycles. The van der Waals surface area contributed by atoms with E-state index < -0.39 is 17.9 Å². The summed E-state index contributed by atoms with van der Waals surface area (Å²) in [7, 11) is 0. The normalized spacial score (nSPS) is 15.0. The molecule has 1 unspecified atom stereocenters. The zero-order valence-electron chi connectivity index (χ0n) is 30.4. The summed E-state index contributed by atoms with van der Waals surface area (Å²) in [5.41, 5.74) is 4.82. The minimum atomic E-state index is -0.737. The van der Waals surface area contributed by atoms with Crippen LogP contribution in [-0.4, -0.2) is 106 Å². The molecule has 294 valence electrons. The van der Waals surface area contributed by atoms with Gasteiger partial charge in [0.2, 0.25) is 23.6 Å². The Bertz CT molecular complexity index is 1820. The van der Waals surface area contributed by atoms with Crippen molar-refractivity contribution >= 4 is 41.1 Å². The molecule has 0 saturated carbocycles. The van der Waals surface area contributed by atoms with E-state index in [1.165, 1.54) is 4.90 Å². The SMILES string of the molecule is O=C(CCCCCCC(=O)Nc1ccc(-c2cn(CCOCCOCCNC(=O)COc3cccc4c3CN(C3CCC(=O)NC3=O)C4=O)nn2)cc1)NO. The molecule has 18 heteroatoms. The molecule has 0 bridgehead atoms. The Balaban J connectivity index is 0.892. The Morgan fingerprint density at radius 1 is 0.891 bits per heavy atom. The van der Waals surface area contributed by atoms with Gasteiger partial charge >= 0.3 is 0 Å². The number of hydrogen-bond donors (Lipinski definition) is 5. The Hall–Kier alpha value is -5.72. The molecule has 18 nitrogen and oxygen atoms in total. The van der Waals surface area contributed by atoms with Crippen LogP contribution in [0.3, 0.4) is 0 Å². The Kier molecular flexibility index (Phi) is 15.2. The van der Waals surface area contributed by atoms with Crippen LogP contribution in [-0.2, 0) is 46.5 Å². The largest absolute Gasteiger partial charge is 0.483 e. The molecule has 0 radical (unpaired) electrons. The summed E-state index contributed by atoms with van der Waals surface area (Å²) in [6.07, 6.45) is 5.88. The van der Waals surface area contributed by atoms with E-state index in [-0.39, 0.29) is 69.2 Å². The van der Waals surface area contributed by atoms with E-state index >= 15 is 0 Å². The van der Waals surface area contributed by atoms with Gasteiger partial charge in [-0.3, -0.25) is 39.3 Å². The summed E-state index contributed by atoms with van der Waals surface area (Å²) in [6.45, 7) is 1.98. The molecule has 6 amide bonds. The van der Waals surface area contributed by atoms with Crippen molar-refractivity contribution in [2.45, 2.75) is 70.5 Å². The molecule has 5 N–H and O–H groups in total. The van der Waals surface area contributed by atoms with Gasteiger partial charge < -0.3 is 29.7 Å². The second-order valence-corrected chi connectivity index (χ2v) is 13.0. The number of amides is 6. The lowest BCUT2D eigenvalue weighted by Gasteiger charge is -2.29. The minimum Gasteiger partial charge on any atom is -0.483 e. The van der Waals surface area contributed by atoms with Gasteiger partial charge in [-0.2, -0.15) is 0 Å². The average molecular weight is 763 g/mol.